The summed E-state index contributed by atoms with van der Waals surface area (Å²) in [5.41, 5.74) is 0.358. The fourth-order valence-electron chi connectivity index (χ4n) is 1.50. The molecular formula is C12H19FN2O2S. The van der Waals surface area contributed by atoms with Gasteiger partial charge in [-0.25, -0.2) is 17.5 Å². The molecule has 0 aliphatic carbocycles. The predicted octanol–water partition coefficient (Wildman–Crippen LogP) is 1.24. The van der Waals surface area contributed by atoms with E-state index in [1.807, 2.05) is 7.05 Å². The van der Waals surface area contributed by atoms with E-state index in [-0.39, 0.29) is 12.3 Å². The molecule has 0 aliphatic rings. The molecule has 18 heavy (non-hydrogen) atoms. The molecule has 6 heteroatoms. The van der Waals surface area contributed by atoms with Crippen molar-refractivity contribution >= 4 is 10.0 Å². The van der Waals surface area contributed by atoms with E-state index in [1.165, 1.54) is 6.07 Å². The van der Waals surface area contributed by atoms with Gasteiger partial charge in [0, 0.05) is 12.1 Å². The zero-order chi connectivity index (χ0) is 13.4. The number of sulfonamides is 1. The number of rotatable bonds is 8. The van der Waals surface area contributed by atoms with Crippen LogP contribution in [0.1, 0.15) is 18.4 Å². The number of halogens is 1. The van der Waals surface area contributed by atoms with Crippen molar-refractivity contribution < 1.29 is 12.8 Å². The van der Waals surface area contributed by atoms with Crippen molar-refractivity contribution in [2.45, 2.75) is 19.4 Å². The Kier molecular flexibility index (Phi) is 6.24. The average molecular weight is 274 g/mol. The molecule has 0 aliphatic heterocycles. The quantitative estimate of drug-likeness (QED) is 0.701. The Labute approximate surface area is 108 Å². The van der Waals surface area contributed by atoms with E-state index in [2.05, 4.69) is 10.0 Å². The van der Waals surface area contributed by atoms with Crippen molar-refractivity contribution in [3.05, 3.63) is 35.6 Å². The maximum atomic E-state index is 13.3. The van der Waals surface area contributed by atoms with E-state index >= 15 is 0 Å². The van der Waals surface area contributed by atoms with Gasteiger partial charge in [0.25, 0.3) is 0 Å². The van der Waals surface area contributed by atoms with Crippen molar-refractivity contribution in [2.24, 2.45) is 0 Å². The Hall–Kier alpha value is -0.980. The minimum Gasteiger partial charge on any atom is -0.320 e. The standard InChI is InChI=1S/C12H19FN2O2S/c1-14-8-4-5-9-18(16,17)15-10-11-6-2-3-7-12(11)13/h2-3,6-7,14-15H,4-5,8-10H2,1H3. The monoisotopic (exact) mass is 274 g/mol. The second-order valence-electron chi connectivity index (χ2n) is 4.04. The van der Waals surface area contributed by atoms with Crippen LogP contribution in [0.2, 0.25) is 0 Å². The molecule has 0 saturated heterocycles. The molecule has 0 aromatic heterocycles. The molecule has 0 saturated carbocycles. The molecule has 4 nitrogen and oxygen atoms in total. The summed E-state index contributed by atoms with van der Waals surface area (Å²) in [7, 11) is -1.50. The van der Waals surface area contributed by atoms with Crippen LogP contribution in [0.4, 0.5) is 4.39 Å². The van der Waals surface area contributed by atoms with Crippen LogP contribution >= 0.6 is 0 Å². The Morgan fingerprint density at radius 3 is 2.61 bits per heavy atom. The molecule has 1 aromatic rings. The van der Waals surface area contributed by atoms with Crippen LogP contribution < -0.4 is 10.0 Å². The Balaban J connectivity index is 2.40. The first-order valence-corrected chi connectivity index (χ1v) is 7.56. The fourth-order valence-corrected chi connectivity index (χ4v) is 2.60. The third-order valence-electron chi connectivity index (χ3n) is 2.53. The summed E-state index contributed by atoms with van der Waals surface area (Å²) in [6, 6.07) is 6.14. The maximum absolute atomic E-state index is 13.3. The van der Waals surface area contributed by atoms with Crippen molar-refractivity contribution in [3.63, 3.8) is 0 Å². The first-order chi connectivity index (χ1) is 8.55. The van der Waals surface area contributed by atoms with E-state index in [0.717, 1.165) is 13.0 Å². The molecule has 0 spiro atoms. The first kappa shape index (κ1) is 15.1. The van der Waals surface area contributed by atoms with E-state index in [0.29, 0.717) is 12.0 Å². The second-order valence-corrected chi connectivity index (χ2v) is 5.97. The van der Waals surface area contributed by atoms with Crippen LogP contribution in [0, 0.1) is 5.82 Å². The van der Waals surface area contributed by atoms with Crippen molar-refractivity contribution in [1.82, 2.24) is 10.0 Å². The summed E-state index contributed by atoms with van der Waals surface area (Å²) < 4.78 is 38.9. The molecule has 0 fully saturated rings. The molecular weight excluding hydrogens is 255 g/mol. The van der Waals surface area contributed by atoms with Gasteiger partial charge in [-0.1, -0.05) is 18.2 Å². The highest BCUT2D eigenvalue weighted by Crippen LogP contribution is 2.06. The number of benzene rings is 1. The molecule has 0 amide bonds. The van der Waals surface area contributed by atoms with E-state index in [1.54, 1.807) is 18.2 Å². The maximum Gasteiger partial charge on any atom is 0.211 e. The van der Waals surface area contributed by atoms with E-state index in [4.69, 9.17) is 0 Å². The zero-order valence-corrected chi connectivity index (χ0v) is 11.3. The smallest absolute Gasteiger partial charge is 0.211 e. The first-order valence-electron chi connectivity index (χ1n) is 5.90. The lowest BCUT2D eigenvalue weighted by molar-refractivity contribution is 0.569. The van der Waals surface area contributed by atoms with Crippen LogP contribution in [0.25, 0.3) is 0 Å². The fraction of sp³-hybridized carbons (Fsp3) is 0.500. The predicted molar refractivity (Wildman–Crippen MR) is 70.2 cm³/mol. The lowest BCUT2D eigenvalue weighted by Crippen LogP contribution is -2.26. The molecule has 0 radical (unpaired) electrons. The minimum absolute atomic E-state index is 0.00103. The molecule has 2 N–H and O–H groups in total. The highest BCUT2D eigenvalue weighted by Gasteiger charge is 2.10. The molecule has 0 bridgehead atoms. The SMILES string of the molecule is CNCCCCS(=O)(=O)NCc1ccccc1F. The topological polar surface area (TPSA) is 58.2 Å². The normalized spacial score (nSPS) is 11.7. The lowest BCUT2D eigenvalue weighted by atomic mass is 10.2. The second kappa shape index (κ2) is 7.45. The van der Waals surface area contributed by atoms with Crippen molar-refractivity contribution in [2.75, 3.05) is 19.3 Å². The number of unbranched alkanes of at least 4 members (excludes halogenated alkanes) is 1. The number of nitrogens with one attached hydrogen (secondary N) is 2. The molecule has 102 valence electrons. The summed E-state index contributed by atoms with van der Waals surface area (Å²) in [5, 5.41) is 2.95. The van der Waals surface area contributed by atoms with Gasteiger partial charge in [-0.15, -0.1) is 0 Å². The average Bonchev–Trinajstić information content (AvgIpc) is 2.34. The van der Waals surface area contributed by atoms with Crippen LogP contribution in [0.15, 0.2) is 24.3 Å². The molecule has 0 atom stereocenters. The van der Waals surface area contributed by atoms with Gasteiger partial charge in [-0.2, -0.15) is 0 Å². The Bertz CT molecular complexity index is 463. The largest absolute Gasteiger partial charge is 0.320 e. The Morgan fingerprint density at radius 1 is 1.22 bits per heavy atom. The zero-order valence-electron chi connectivity index (χ0n) is 10.4. The third-order valence-corrected chi connectivity index (χ3v) is 3.94. The highest BCUT2D eigenvalue weighted by atomic mass is 32.2. The van der Waals surface area contributed by atoms with Crippen LogP contribution in [-0.2, 0) is 16.6 Å². The summed E-state index contributed by atoms with van der Waals surface area (Å²) in [5.74, 6) is -0.321. The van der Waals surface area contributed by atoms with Crippen LogP contribution in [0.3, 0.4) is 0 Å². The van der Waals surface area contributed by atoms with Gasteiger partial charge in [0.05, 0.1) is 5.75 Å². The molecule has 0 unspecified atom stereocenters. The molecule has 0 heterocycles. The van der Waals surface area contributed by atoms with Crippen LogP contribution in [-0.4, -0.2) is 27.8 Å². The van der Waals surface area contributed by atoms with Gasteiger partial charge < -0.3 is 5.32 Å². The summed E-state index contributed by atoms with van der Waals surface area (Å²) in [6.07, 6.45) is 1.39. The van der Waals surface area contributed by atoms with Crippen molar-refractivity contribution in [3.8, 4) is 0 Å². The van der Waals surface area contributed by atoms with Crippen molar-refractivity contribution in [1.29, 1.82) is 0 Å². The molecule has 1 aromatic carbocycles. The van der Waals surface area contributed by atoms with Gasteiger partial charge in [0.15, 0.2) is 0 Å². The van der Waals surface area contributed by atoms with Gasteiger partial charge in [-0.05, 0) is 32.5 Å². The number of hydrogen-bond donors (Lipinski definition) is 2. The lowest BCUT2D eigenvalue weighted by Gasteiger charge is -2.07. The van der Waals surface area contributed by atoms with E-state index in [9.17, 15) is 12.8 Å². The van der Waals surface area contributed by atoms with Gasteiger partial charge in [0.1, 0.15) is 5.82 Å². The minimum atomic E-state index is -3.32. The third kappa shape index (κ3) is 5.57. The summed E-state index contributed by atoms with van der Waals surface area (Å²) in [6.45, 7) is 0.796. The Morgan fingerprint density at radius 2 is 1.94 bits per heavy atom. The number of hydrogen-bond acceptors (Lipinski definition) is 3. The van der Waals surface area contributed by atoms with Gasteiger partial charge >= 0.3 is 0 Å². The van der Waals surface area contributed by atoms with Gasteiger partial charge in [0.2, 0.25) is 10.0 Å². The van der Waals surface area contributed by atoms with Gasteiger partial charge in [-0.3, -0.25) is 0 Å². The summed E-state index contributed by atoms with van der Waals surface area (Å²) in [4.78, 5) is 0. The molecule has 1 rings (SSSR count). The van der Waals surface area contributed by atoms with Crippen LogP contribution in [0.5, 0.6) is 0 Å². The highest BCUT2D eigenvalue weighted by molar-refractivity contribution is 7.89. The van der Waals surface area contributed by atoms with E-state index < -0.39 is 15.8 Å². The summed E-state index contributed by atoms with van der Waals surface area (Å²) >= 11 is 0.